The molecule has 2 amide bonds. The SMILES string of the molecule is CCOc1ccc(NC(=O)C2CCC(C(=O)N3CCN(CC)CC3)CC2)cc1. The van der Waals surface area contributed by atoms with Crippen LogP contribution in [0.1, 0.15) is 39.5 Å². The highest BCUT2D eigenvalue weighted by atomic mass is 16.5. The third kappa shape index (κ3) is 5.25. The van der Waals surface area contributed by atoms with Gasteiger partial charge in [0, 0.05) is 43.7 Å². The minimum atomic E-state index is -0.00689. The second-order valence-corrected chi connectivity index (χ2v) is 7.75. The molecule has 1 aliphatic heterocycles. The number of nitrogens with zero attached hydrogens (tertiary/aromatic N) is 2. The fraction of sp³-hybridized carbons (Fsp3) is 0.636. The Labute approximate surface area is 168 Å². The van der Waals surface area contributed by atoms with Crippen LogP contribution in [0, 0.1) is 11.8 Å². The van der Waals surface area contributed by atoms with Crippen molar-refractivity contribution >= 4 is 17.5 Å². The standard InChI is InChI=1S/C22H33N3O3/c1-3-24-13-15-25(16-14-24)22(27)18-7-5-17(6-8-18)21(26)23-19-9-11-20(12-10-19)28-4-2/h9-12,17-18H,3-8,13-16H2,1-2H3,(H,23,26). The van der Waals surface area contributed by atoms with Crippen LogP contribution in [0.5, 0.6) is 5.75 Å². The molecule has 0 radical (unpaired) electrons. The van der Waals surface area contributed by atoms with Crippen molar-refractivity contribution in [3.05, 3.63) is 24.3 Å². The molecule has 6 nitrogen and oxygen atoms in total. The van der Waals surface area contributed by atoms with Crippen molar-refractivity contribution in [1.29, 1.82) is 0 Å². The first kappa shape index (κ1) is 20.6. The van der Waals surface area contributed by atoms with E-state index in [0.29, 0.717) is 12.5 Å². The molecule has 1 aromatic carbocycles. The van der Waals surface area contributed by atoms with Gasteiger partial charge in [-0.2, -0.15) is 0 Å². The zero-order valence-corrected chi connectivity index (χ0v) is 17.2. The summed E-state index contributed by atoms with van der Waals surface area (Å²) < 4.78 is 5.43. The Morgan fingerprint density at radius 2 is 1.57 bits per heavy atom. The van der Waals surface area contributed by atoms with E-state index in [0.717, 1.165) is 69.8 Å². The van der Waals surface area contributed by atoms with E-state index in [1.807, 2.05) is 36.1 Å². The van der Waals surface area contributed by atoms with Crippen LogP contribution < -0.4 is 10.1 Å². The predicted octanol–water partition coefficient (Wildman–Crippen LogP) is 2.99. The number of piperazine rings is 1. The monoisotopic (exact) mass is 387 g/mol. The van der Waals surface area contributed by atoms with Gasteiger partial charge in [0.2, 0.25) is 11.8 Å². The second-order valence-electron chi connectivity index (χ2n) is 7.75. The number of anilines is 1. The zero-order chi connectivity index (χ0) is 19.9. The molecule has 154 valence electrons. The number of hydrogen-bond donors (Lipinski definition) is 1. The number of ether oxygens (including phenoxy) is 1. The Morgan fingerprint density at radius 1 is 0.964 bits per heavy atom. The van der Waals surface area contributed by atoms with Crippen molar-refractivity contribution in [2.75, 3.05) is 44.6 Å². The van der Waals surface area contributed by atoms with Gasteiger partial charge >= 0.3 is 0 Å². The lowest BCUT2D eigenvalue weighted by Crippen LogP contribution is -2.50. The van der Waals surface area contributed by atoms with E-state index in [2.05, 4.69) is 17.1 Å². The van der Waals surface area contributed by atoms with Gasteiger partial charge in [0.1, 0.15) is 5.75 Å². The molecule has 2 aliphatic rings. The van der Waals surface area contributed by atoms with Crippen LogP contribution in [0.2, 0.25) is 0 Å². The molecule has 1 saturated carbocycles. The van der Waals surface area contributed by atoms with E-state index in [1.165, 1.54) is 0 Å². The highest BCUT2D eigenvalue weighted by molar-refractivity contribution is 5.92. The van der Waals surface area contributed by atoms with Crippen molar-refractivity contribution in [2.45, 2.75) is 39.5 Å². The zero-order valence-electron chi connectivity index (χ0n) is 17.2. The number of rotatable bonds is 6. The Morgan fingerprint density at radius 3 is 2.14 bits per heavy atom. The average molecular weight is 388 g/mol. The number of likely N-dealkylation sites (N-methyl/N-ethyl adjacent to an activating group) is 1. The summed E-state index contributed by atoms with van der Waals surface area (Å²) >= 11 is 0. The number of carbonyl (C=O) groups excluding carboxylic acids is 2. The minimum Gasteiger partial charge on any atom is -0.494 e. The van der Waals surface area contributed by atoms with Crippen LogP contribution in [0.3, 0.4) is 0 Å². The molecule has 2 fully saturated rings. The first-order valence-corrected chi connectivity index (χ1v) is 10.7. The van der Waals surface area contributed by atoms with Crippen LogP contribution in [0.4, 0.5) is 5.69 Å². The van der Waals surface area contributed by atoms with Gasteiger partial charge < -0.3 is 19.9 Å². The third-order valence-corrected chi connectivity index (χ3v) is 6.01. The maximum atomic E-state index is 12.8. The fourth-order valence-electron chi connectivity index (χ4n) is 4.19. The number of benzene rings is 1. The largest absolute Gasteiger partial charge is 0.494 e. The van der Waals surface area contributed by atoms with Gasteiger partial charge in [0.25, 0.3) is 0 Å². The summed E-state index contributed by atoms with van der Waals surface area (Å²) in [6.45, 7) is 9.41. The van der Waals surface area contributed by atoms with Crippen molar-refractivity contribution in [3.63, 3.8) is 0 Å². The summed E-state index contributed by atoms with van der Waals surface area (Å²) in [5, 5.41) is 3.00. The molecule has 3 rings (SSSR count). The lowest BCUT2D eigenvalue weighted by molar-refractivity contribution is -0.139. The molecule has 1 heterocycles. The first-order valence-electron chi connectivity index (χ1n) is 10.7. The van der Waals surface area contributed by atoms with Gasteiger partial charge in [-0.1, -0.05) is 6.92 Å². The topological polar surface area (TPSA) is 61.9 Å². The lowest BCUT2D eigenvalue weighted by Gasteiger charge is -2.37. The minimum absolute atomic E-state index is 0.00689. The number of nitrogens with one attached hydrogen (secondary N) is 1. The van der Waals surface area contributed by atoms with E-state index in [4.69, 9.17) is 4.74 Å². The molecule has 6 heteroatoms. The molecule has 1 saturated heterocycles. The number of amides is 2. The molecule has 1 aromatic rings. The van der Waals surface area contributed by atoms with Crippen molar-refractivity contribution in [1.82, 2.24) is 9.80 Å². The van der Waals surface area contributed by atoms with E-state index in [-0.39, 0.29) is 17.7 Å². The molecule has 1 N–H and O–H groups in total. The normalized spacial score (nSPS) is 23.3. The fourth-order valence-corrected chi connectivity index (χ4v) is 4.19. The van der Waals surface area contributed by atoms with Crippen LogP contribution in [0.25, 0.3) is 0 Å². The Kier molecular flexibility index (Phi) is 7.31. The van der Waals surface area contributed by atoms with E-state index >= 15 is 0 Å². The maximum absolute atomic E-state index is 12.8. The molecule has 0 unspecified atom stereocenters. The second kappa shape index (κ2) is 9.92. The molecule has 0 aromatic heterocycles. The van der Waals surface area contributed by atoms with Gasteiger partial charge in [-0.15, -0.1) is 0 Å². The Balaban J connectivity index is 1.44. The van der Waals surface area contributed by atoms with Gasteiger partial charge in [0.05, 0.1) is 6.61 Å². The molecule has 0 bridgehead atoms. The highest BCUT2D eigenvalue weighted by Crippen LogP contribution is 2.31. The quantitative estimate of drug-likeness (QED) is 0.815. The Bertz CT molecular complexity index is 645. The smallest absolute Gasteiger partial charge is 0.227 e. The highest BCUT2D eigenvalue weighted by Gasteiger charge is 2.33. The Hall–Kier alpha value is -2.08. The molecule has 1 aliphatic carbocycles. The van der Waals surface area contributed by atoms with Crippen molar-refractivity contribution in [3.8, 4) is 5.75 Å². The summed E-state index contributed by atoms with van der Waals surface area (Å²) in [6, 6.07) is 7.47. The summed E-state index contributed by atoms with van der Waals surface area (Å²) in [4.78, 5) is 29.8. The van der Waals surface area contributed by atoms with Crippen LogP contribution in [-0.4, -0.2) is 60.9 Å². The van der Waals surface area contributed by atoms with Gasteiger partial charge in [0.15, 0.2) is 0 Å². The van der Waals surface area contributed by atoms with E-state index < -0.39 is 0 Å². The molecule has 28 heavy (non-hydrogen) atoms. The first-order chi connectivity index (χ1) is 13.6. The molecular weight excluding hydrogens is 354 g/mol. The van der Waals surface area contributed by atoms with Crippen LogP contribution >= 0.6 is 0 Å². The number of hydrogen-bond acceptors (Lipinski definition) is 4. The van der Waals surface area contributed by atoms with Crippen LogP contribution in [-0.2, 0) is 9.59 Å². The van der Waals surface area contributed by atoms with Crippen molar-refractivity contribution < 1.29 is 14.3 Å². The van der Waals surface area contributed by atoms with Gasteiger partial charge in [-0.05, 0) is 63.4 Å². The van der Waals surface area contributed by atoms with E-state index in [9.17, 15) is 9.59 Å². The summed E-state index contributed by atoms with van der Waals surface area (Å²) in [7, 11) is 0. The molecule has 0 spiro atoms. The van der Waals surface area contributed by atoms with E-state index in [1.54, 1.807) is 0 Å². The lowest BCUT2D eigenvalue weighted by atomic mass is 9.80. The summed E-state index contributed by atoms with van der Waals surface area (Å²) in [6.07, 6.45) is 3.20. The maximum Gasteiger partial charge on any atom is 0.227 e. The van der Waals surface area contributed by atoms with Crippen LogP contribution in [0.15, 0.2) is 24.3 Å². The predicted molar refractivity (Wildman–Crippen MR) is 110 cm³/mol. The average Bonchev–Trinajstić information content (AvgIpc) is 2.75. The van der Waals surface area contributed by atoms with Gasteiger partial charge in [-0.3, -0.25) is 9.59 Å². The summed E-state index contributed by atoms with van der Waals surface area (Å²) in [5.41, 5.74) is 0.792. The summed E-state index contributed by atoms with van der Waals surface area (Å²) in [5.74, 6) is 1.24. The molecular formula is C22H33N3O3. The molecule has 0 atom stereocenters. The van der Waals surface area contributed by atoms with Gasteiger partial charge in [-0.25, -0.2) is 0 Å². The third-order valence-electron chi connectivity index (χ3n) is 6.01. The number of carbonyl (C=O) groups is 2. The van der Waals surface area contributed by atoms with Crippen molar-refractivity contribution in [2.24, 2.45) is 11.8 Å².